The van der Waals surface area contributed by atoms with E-state index in [1.54, 1.807) is 25.3 Å². The Balaban J connectivity index is 1.41. The number of piperazine rings is 1. The third kappa shape index (κ3) is 4.60. The molecule has 0 unspecified atom stereocenters. The van der Waals surface area contributed by atoms with Crippen LogP contribution in [0.25, 0.3) is 28.7 Å². The van der Waals surface area contributed by atoms with Crippen LogP contribution in [0.1, 0.15) is 11.3 Å². The van der Waals surface area contributed by atoms with Crippen LogP contribution >= 0.6 is 0 Å². The molecule has 3 heterocycles. The Morgan fingerprint density at radius 1 is 1.06 bits per heavy atom. The molecule has 1 aliphatic rings. The van der Waals surface area contributed by atoms with Crippen LogP contribution in [0.2, 0.25) is 0 Å². The SMILES string of the molecule is COCc1c(-c2nc(-c3cccc(CN4CCN(C)CC4)c3)no2)nnn1-c1ccccc1F. The molecule has 10 heteroatoms. The van der Waals surface area contributed by atoms with E-state index in [1.165, 1.54) is 16.3 Å². The zero-order valence-electron chi connectivity index (χ0n) is 19.2. The standard InChI is InChI=1S/C24H26FN7O2/c1-30-10-12-31(13-11-30)15-17-6-5-7-18(14-17)23-26-24(34-28-23)22-21(16-33-2)32(29-27-22)20-9-4-3-8-19(20)25/h3-9,14H,10-13,15-16H2,1-2H3. The van der Waals surface area contributed by atoms with Gasteiger partial charge in [0.2, 0.25) is 5.82 Å². The Labute approximate surface area is 196 Å². The normalized spacial score (nSPS) is 15.1. The van der Waals surface area contributed by atoms with E-state index in [1.807, 2.05) is 12.1 Å². The number of para-hydroxylation sites is 1. The second-order valence-corrected chi connectivity index (χ2v) is 8.38. The first kappa shape index (κ1) is 22.3. The largest absolute Gasteiger partial charge is 0.378 e. The van der Waals surface area contributed by atoms with E-state index in [4.69, 9.17) is 9.26 Å². The van der Waals surface area contributed by atoms with Crippen molar-refractivity contribution in [3.63, 3.8) is 0 Å². The van der Waals surface area contributed by atoms with E-state index < -0.39 is 5.82 Å². The van der Waals surface area contributed by atoms with Gasteiger partial charge in [0.15, 0.2) is 5.69 Å². The number of methoxy groups -OCH3 is 1. The zero-order chi connectivity index (χ0) is 23.5. The molecule has 0 amide bonds. The fourth-order valence-corrected chi connectivity index (χ4v) is 4.06. The highest BCUT2D eigenvalue weighted by Gasteiger charge is 2.23. The molecule has 2 aromatic carbocycles. The molecule has 2 aromatic heterocycles. The third-order valence-electron chi connectivity index (χ3n) is 5.94. The molecule has 0 bridgehead atoms. The van der Waals surface area contributed by atoms with Crippen LogP contribution in [0.5, 0.6) is 0 Å². The first-order chi connectivity index (χ1) is 16.6. The summed E-state index contributed by atoms with van der Waals surface area (Å²) in [5.41, 5.74) is 3.20. The molecule has 9 nitrogen and oxygen atoms in total. The summed E-state index contributed by atoms with van der Waals surface area (Å²) in [7, 11) is 3.70. The summed E-state index contributed by atoms with van der Waals surface area (Å²) in [6.07, 6.45) is 0. The van der Waals surface area contributed by atoms with Crippen LogP contribution in [0, 0.1) is 5.82 Å². The fraction of sp³-hybridized carbons (Fsp3) is 0.333. The Bertz CT molecular complexity index is 1260. The summed E-state index contributed by atoms with van der Waals surface area (Å²) in [6.45, 7) is 5.27. The molecule has 176 valence electrons. The predicted molar refractivity (Wildman–Crippen MR) is 124 cm³/mol. The summed E-state index contributed by atoms with van der Waals surface area (Å²) < 4.78 is 26.6. The smallest absolute Gasteiger partial charge is 0.280 e. The molecule has 1 fully saturated rings. The maximum Gasteiger partial charge on any atom is 0.280 e. The van der Waals surface area contributed by atoms with Crippen molar-refractivity contribution in [1.82, 2.24) is 34.9 Å². The van der Waals surface area contributed by atoms with Crippen molar-refractivity contribution < 1.29 is 13.7 Å². The number of nitrogens with zero attached hydrogens (tertiary/aromatic N) is 7. The summed E-state index contributed by atoms with van der Waals surface area (Å²) >= 11 is 0. The lowest BCUT2D eigenvalue weighted by Crippen LogP contribution is -2.43. The van der Waals surface area contributed by atoms with Gasteiger partial charge in [0.25, 0.3) is 5.89 Å². The fourth-order valence-electron chi connectivity index (χ4n) is 4.06. The highest BCUT2D eigenvalue weighted by molar-refractivity contribution is 5.60. The van der Waals surface area contributed by atoms with Crippen molar-refractivity contribution in [2.45, 2.75) is 13.2 Å². The van der Waals surface area contributed by atoms with Crippen LogP contribution in [-0.2, 0) is 17.9 Å². The Kier molecular flexibility index (Phi) is 6.43. The monoisotopic (exact) mass is 463 g/mol. The minimum atomic E-state index is -0.417. The van der Waals surface area contributed by atoms with Crippen molar-refractivity contribution in [2.75, 3.05) is 40.3 Å². The average Bonchev–Trinajstić information content (AvgIpc) is 3.49. The third-order valence-corrected chi connectivity index (χ3v) is 5.94. The number of likely N-dealkylation sites (N-methyl/N-ethyl adjacent to an activating group) is 1. The molecule has 1 saturated heterocycles. The van der Waals surface area contributed by atoms with Crippen LogP contribution in [-0.4, -0.2) is 75.3 Å². The highest BCUT2D eigenvalue weighted by atomic mass is 19.1. The number of hydrogen-bond acceptors (Lipinski definition) is 8. The van der Waals surface area contributed by atoms with Gasteiger partial charge < -0.3 is 14.2 Å². The molecule has 0 N–H and O–H groups in total. The lowest BCUT2D eigenvalue weighted by Gasteiger charge is -2.32. The van der Waals surface area contributed by atoms with Gasteiger partial charge in [-0.1, -0.05) is 40.7 Å². The Morgan fingerprint density at radius 2 is 1.88 bits per heavy atom. The zero-order valence-corrected chi connectivity index (χ0v) is 19.2. The van der Waals surface area contributed by atoms with E-state index in [9.17, 15) is 4.39 Å². The van der Waals surface area contributed by atoms with Crippen LogP contribution in [0.15, 0.2) is 53.1 Å². The van der Waals surface area contributed by atoms with Gasteiger partial charge >= 0.3 is 0 Å². The van der Waals surface area contributed by atoms with Crippen LogP contribution in [0.4, 0.5) is 4.39 Å². The summed E-state index contributed by atoms with van der Waals surface area (Å²) in [5, 5.41) is 12.5. The first-order valence-corrected chi connectivity index (χ1v) is 11.1. The van der Waals surface area contributed by atoms with Crippen molar-refractivity contribution in [3.8, 4) is 28.7 Å². The van der Waals surface area contributed by atoms with Gasteiger partial charge in [0, 0.05) is 45.4 Å². The first-order valence-electron chi connectivity index (χ1n) is 11.1. The van der Waals surface area contributed by atoms with Gasteiger partial charge in [-0.15, -0.1) is 5.10 Å². The number of halogens is 1. The number of aromatic nitrogens is 5. The molecule has 0 aliphatic carbocycles. The van der Waals surface area contributed by atoms with E-state index in [-0.39, 0.29) is 18.2 Å². The molecule has 0 spiro atoms. The Hall–Kier alpha value is -3.47. The number of ether oxygens (including phenoxy) is 1. The minimum Gasteiger partial charge on any atom is -0.378 e. The second-order valence-electron chi connectivity index (χ2n) is 8.38. The van der Waals surface area contributed by atoms with Crippen molar-refractivity contribution in [3.05, 3.63) is 65.6 Å². The van der Waals surface area contributed by atoms with Gasteiger partial charge in [0.1, 0.15) is 17.2 Å². The number of rotatable bonds is 7. The van der Waals surface area contributed by atoms with Gasteiger partial charge in [-0.3, -0.25) is 4.90 Å². The summed E-state index contributed by atoms with van der Waals surface area (Å²) in [6, 6.07) is 14.5. The molecule has 0 saturated carbocycles. The minimum absolute atomic E-state index is 0.148. The lowest BCUT2D eigenvalue weighted by atomic mass is 10.1. The Morgan fingerprint density at radius 3 is 2.68 bits per heavy atom. The maximum absolute atomic E-state index is 14.4. The average molecular weight is 464 g/mol. The van der Waals surface area contributed by atoms with Gasteiger partial charge in [-0.05, 0) is 30.8 Å². The van der Waals surface area contributed by atoms with E-state index in [0.717, 1.165) is 38.3 Å². The van der Waals surface area contributed by atoms with Gasteiger partial charge in [0.05, 0.1) is 6.61 Å². The maximum atomic E-state index is 14.4. The molecular formula is C24H26FN7O2. The van der Waals surface area contributed by atoms with Crippen molar-refractivity contribution in [2.24, 2.45) is 0 Å². The van der Waals surface area contributed by atoms with E-state index >= 15 is 0 Å². The van der Waals surface area contributed by atoms with Gasteiger partial charge in [-0.25, -0.2) is 9.07 Å². The van der Waals surface area contributed by atoms with Crippen molar-refractivity contribution >= 4 is 0 Å². The number of benzene rings is 2. The predicted octanol–water partition coefficient (Wildman–Crippen LogP) is 3.02. The summed E-state index contributed by atoms with van der Waals surface area (Å²) in [4.78, 5) is 9.34. The van der Waals surface area contributed by atoms with Crippen LogP contribution in [0.3, 0.4) is 0 Å². The molecule has 1 aliphatic heterocycles. The highest BCUT2D eigenvalue weighted by Crippen LogP contribution is 2.27. The molecule has 4 aromatic rings. The molecule has 5 rings (SSSR count). The molecule has 34 heavy (non-hydrogen) atoms. The van der Waals surface area contributed by atoms with Crippen molar-refractivity contribution in [1.29, 1.82) is 0 Å². The molecular weight excluding hydrogens is 437 g/mol. The molecule has 0 radical (unpaired) electrons. The van der Waals surface area contributed by atoms with E-state index in [0.29, 0.717) is 17.2 Å². The summed E-state index contributed by atoms with van der Waals surface area (Å²) in [5.74, 6) is 0.243. The van der Waals surface area contributed by atoms with Crippen LogP contribution < -0.4 is 0 Å². The number of hydrogen-bond donors (Lipinski definition) is 0. The van der Waals surface area contributed by atoms with E-state index in [2.05, 4.69) is 49.4 Å². The van der Waals surface area contributed by atoms with Gasteiger partial charge in [-0.2, -0.15) is 4.98 Å². The lowest BCUT2D eigenvalue weighted by molar-refractivity contribution is 0.148. The second kappa shape index (κ2) is 9.80. The quantitative estimate of drug-likeness (QED) is 0.414. The molecule has 0 atom stereocenters. The topological polar surface area (TPSA) is 85.3 Å².